The summed E-state index contributed by atoms with van der Waals surface area (Å²) in [5.41, 5.74) is -9.12. The second-order valence-corrected chi connectivity index (χ2v) is 8.59. The smallest absolute Gasteiger partial charge is 0.429 e. The Balaban J connectivity index is 2.28. The van der Waals surface area contributed by atoms with Crippen molar-refractivity contribution < 1.29 is 45.7 Å². The molecule has 10 heteroatoms. The number of fused-ring (bicyclic) bond motifs is 2. The standard InChI is InChI=1S/C19H26F6O4/c1-6-16(9-11-7-12(16)8-13(11)28-14(26)10(2)3)29-15(4,5)17(27,18(20,21)22)19(23,24)25/h11-13,27H,2,6-9H2,1,3-5H3. The van der Waals surface area contributed by atoms with E-state index in [4.69, 9.17) is 9.47 Å². The molecule has 4 atom stereocenters. The van der Waals surface area contributed by atoms with Crippen LogP contribution in [-0.2, 0) is 14.3 Å². The Morgan fingerprint density at radius 3 is 2.00 bits per heavy atom. The molecule has 2 rings (SSSR count). The van der Waals surface area contributed by atoms with E-state index in [1.165, 1.54) is 6.92 Å². The molecule has 2 fully saturated rings. The molecule has 0 aromatic rings. The first kappa shape index (κ1) is 24.0. The van der Waals surface area contributed by atoms with Gasteiger partial charge in [-0.2, -0.15) is 26.3 Å². The van der Waals surface area contributed by atoms with Gasteiger partial charge in [0.05, 0.1) is 5.60 Å². The molecular formula is C19H26F6O4. The van der Waals surface area contributed by atoms with Crippen LogP contribution >= 0.6 is 0 Å². The number of ether oxygens (including phenoxy) is 2. The maximum absolute atomic E-state index is 13.4. The Kier molecular flexibility index (Phi) is 5.91. The van der Waals surface area contributed by atoms with Crippen LogP contribution in [0.5, 0.6) is 0 Å². The van der Waals surface area contributed by atoms with Gasteiger partial charge in [-0.05, 0) is 58.3 Å². The summed E-state index contributed by atoms with van der Waals surface area (Å²) < 4.78 is 91.0. The van der Waals surface area contributed by atoms with Gasteiger partial charge in [-0.1, -0.05) is 13.5 Å². The van der Waals surface area contributed by atoms with Crippen LogP contribution in [0.1, 0.15) is 53.4 Å². The van der Waals surface area contributed by atoms with Gasteiger partial charge in [-0.15, -0.1) is 0 Å². The lowest BCUT2D eigenvalue weighted by molar-refractivity contribution is -0.422. The fourth-order valence-corrected chi connectivity index (χ4v) is 4.78. The van der Waals surface area contributed by atoms with Gasteiger partial charge < -0.3 is 14.6 Å². The maximum Gasteiger partial charge on any atom is 0.429 e. The highest BCUT2D eigenvalue weighted by atomic mass is 19.4. The van der Waals surface area contributed by atoms with Crippen molar-refractivity contribution in [2.24, 2.45) is 11.8 Å². The van der Waals surface area contributed by atoms with Crippen LogP contribution in [0.2, 0.25) is 0 Å². The minimum Gasteiger partial charge on any atom is -0.459 e. The molecule has 4 unspecified atom stereocenters. The molecule has 0 radical (unpaired) electrons. The highest BCUT2D eigenvalue weighted by molar-refractivity contribution is 5.87. The number of hydrogen-bond acceptors (Lipinski definition) is 4. The number of aliphatic hydroxyl groups is 1. The van der Waals surface area contributed by atoms with E-state index in [2.05, 4.69) is 6.58 Å². The summed E-state index contributed by atoms with van der Waals surface area (Å²) in [6.07, 6.45) is -11.4. The summed E-state index contributed by atoms with van der Waals surface area (Å²) in [5.74, 6) is -1.23. The van der Waals surface area contributed by atoms with E-state index in [0.29, 0.717) is 20.3 Å². The van der Waals surface area contributed by atoms with Crippen molar-refractivity contribution in [1.29, 1.82) is 0 Å². The van der Waals surface area contributed by atoms with Crippen LogP contribution < -0.4 is 0 Å². The average molecular weight is 432 g/mol. The van der Waals surface area contributed by atoms with Crippen molar-refractivity contribution >= 4 is 5.97 Å². The zero-order chi connectivity index (χ0) is 22.6. The van der Waals surface area contributed by atoms with E-state index in [1.807, 2.05) is 0 Å². The Morgan fingerprint density at radius 2 is 1.66 bits per heavy atom. The predicted octanol–water partition coefficient (Wildman–Crippen LogP) is 4.70. The van der Waals surface area contributed by atoms with Gasteiger partial charge in [0.1, 0.15) is 11.7 Å². The van der Waals surface area contributed by atoms with Crippen LogP contribution in [0.25, 0.3) is 0 Å². The Labute approximate surface area is 165 Å². The summed E-state index contributed by atoms with van der Waals surface area (Å²) in [6.45, 7) is 7.80. The molecular weight excluding hydrogens is 406 g/mol. The summed E-state index contributed by atoms with van der Waals surface area (Å²) in [6, 6.07) is 0. The van der Waals surface area contributed by atoms with Crippen LogP contribution in [-0.4, -0.2) is 46.3 Å². The van der Waals surface area contributed by atoms with Crippen molar-refractivity contribution in [3.63, 3.8) is 0 Å². The van der Waals surface area contributed by atoms with Crippen LogP contribution in [0.15, 0.2) is 12.2 Å². The molecule has 2 saturated carbocycles. The fourth-order valence-electron chi connectivity index (χ4n) is 4.78. The third kappa shape index (κ3) is 3.78. The normalized spacial score (nSPS) is 30.5. The molecule has 0 aromatic heterocycles. The minimum absolute atomic E-state index is 0.136. The van der Waals surface area contributed by atoms with E-state index >= 15 is 0 Å². The number of carbonyl (C=O) groups is 1. The molecule has 0 spiro atoms. The van der Waals surface area contributed by atoms with Crippen LogP contribution in [0.4, 0.5) is 26.3 Å². The van der Waals surface area contributed by atoms with E-state index in [1.54, 1.807) is 6.92 Å². The fraction of sp³-hybridized carbons (Fsp3) is 0.842. The summed E-state index contributed by atoms with van der Waals surface area (Å²) in [4.78, 5) is 11.8. The summed E-state index contributed by atoms with van der Waals surface area (Å²) >= 11 is 0. The monoisotopic (exact) mass is 432 g/mol. The molecule has 2 bridgehead atoms. The number of halogens is 6. The lowest BCUT2D eigenvalue weighted by Crippen LogP contribution is -2.71. The molecule has 2 aliphatic rings. The Morgan fingerprint density at radius 1 is 1.14 bits per heavy atom. The number of alkyl halides is 6. The molecule has 29 heavy (non-hydrogen) atoms. The van der Waals surface area contributed by atoms with E-state index in [0.717, 1.165) is 0 Å². The van der Waals surface area contributed by atoms with Crippen molar-refractivity contribution in [1.82, 2.24) is 0 Å². The largest absolute Gasteiger partial charge is 0.459 e. The molecule has 1 N–H and O–H groups in total. The predicted molar refractivity (Wildman–Crippen MR) is 90.8 cm³/mol. The third-order valence-corrected chi connectivity index (χ3v) is 6.34. The number of rotatable bonds is 6. The van der Waals surface area contributed by atoms with E-state index in [9.17, 15) is 36.2 Å². The second kappa shape index (κ2) is 7.14. The molecule has 168 valence electrons. The second-order valence-electron chi connectivity index (χ2n) is 8.59. The zero-order valence-electron chi connectivity index (χ0n) is 16.7. The molecule has 4 nitrogen and oxygen atoms in total. The maximum atomic E-state index is 13.4. The van der Waals surface area contributed by atoms with Gasteiger partial charge in [0, 0.05) is 5.57 Å². The summed E-state index contributed by atoms with van der Waals surface area (Å²) in [7, 11) is 0. The molecule has 0 saturated heterocycles. The van der Waals surface area contributed by atoms with Gasteiger partial charge >= 0.3 is 18.3 Å². The van der Waals surface area contributed by atoms with E-state index in [-0.39, 0.29) is 30.8 Å². The zero-order valence-corrected chi connectivity index (χ0v) is 16.7. The van der Waals surface area contributed by atoms with Crippen LogP contribution in [0.3, 0.4) is 0 Å². The highest BCUT2D eigenvalue weighted by Crippen LogP contribution is 2.59. The van der Waals surface area contributed by atoms with Crippen molar-refractivity contribution in [3.8, 4) is 0 Å². The van der Waals surface area contributed by atoms with Gasteiger partial charge in [0.25, 0.3) is 5.60 Å². The lowest BCUT2D eigenvalue weighted by Gasteiger charge is -2.50. The molecule has 0 aliphatic heterocycles. The number of hydrogen-bond donors (Lipinski definition) is 1. The quantitative estimate of drug-likeness (QED) is 0.376. The molecule has 0 heterocycles. The van der Waals surface area contributed by atoms with Crippen molar-refractivity contribution in [2.75, 3.05) is 0 Å². The van der Waals surface area contributed by atoms with Gasteiger partial charge in [0.15, 0.2) is 0 Å². The highest BCUT2D eigenvalue weighted by Gasteiger charge is 2.78. The average Bonchev–Trinajstić information content (AvgIpc) is 3.08. The van der Waals surface area contributed by atoms with Gasteiger partial charge in [-0.25, -0.2) is 4.79 Å². The Hall–Kier alpha value is -1.29. The SMILES string of the molecule is C=C(C)C(=O)OC1CC2CC1CC2(CC)OC(C)(C)C(O)(C(F)(F)F)C(F)(F)F. The summed E-state index contributed by atoms with van der Waals surface area (Å²) in [5, 5.41) is 9.83. The number of esters is 1. The first-order valence-corrected chi connectivity index (χ1v) is 9.34. The van der Waals surface area contributed by atoms with E-state index < -0.39 is 47.1 Å². The first-order chi connectivity index (χ1) is 12.9. The van der Waals surface area contributed by atoms with Gasteiger partial charge in [0.2, 0.25) is 0 Å². The Bertz CT molecular complexity index is 655. The third-order valence-electron chi connectivity index (χ3n) is 6.34. The van der Waals surface area contributed by atoms with Crippen molar-refractivity contribution in [2.45, 2.75) is 88.6 Å². The van der Waals surface area contributed by atoms with Crippen molar-refractivity contribution in [3.05, 3.63) is 12.2 Å². The van der Waals surface area contributed by atoms with Crippen LogP contribution in [0, 0.1) is 11.8 Å². The number of carbonyl (C=O) groups excluding carboxylic acids is 1. The molecule has 0 aromatic carbocycles. The minimum atomic E-state index is -5.99. The van der Waals surface area contributed by atoms with Gasteiger partial charge in [-0.3, -0.25) is 0 Å². The first-order valence-electron chi connectivity index (χ1n) is 9.34. The molecule has 0 amide bonds. The molecule has 2 aliphatic carbocycles. The lowest BCUT2D eigenvalue weighted by atomic mass is 9.77. The topological polar surface area (TPSA) is 55.8 Å².